The molecule has 0 atom stereocenters. The summed E-state index contributed by atoms with van der Waals surface area (Å²) in [5, 5.41) is 10.1. The molecule has 0 fully saturated rings. The van der Waals surface area contributed by atoms with Gasteiger partial charge in [0.2, 0.25) is 5.15 Å². The summed E-state index contributed by atoms with van der Waals surface area (Å²) in [6.07, 6.45) is 0.766. The number of aromatic nitrogens is 1. The molecule has 1 heterocycles. The van der Waals surface area contributed by atoms with Crippen LogP contribution in [0.25, 0.3) is 0 Å². The van der Waals surface area contributed by atoms with Gasteiger partial charge in [0, 0.05) is 18.2 Å². The summed E-state index contributed by atoms with van der Waals surface area (Å²) >= 11 is 5.49. The molecule has 0 saturated carbocycles. The van der Waals surface area contributed by atoms with Crippen molar-refractivity contribution in [1.82, 2.24) is 4.98 Å². The predicted molar refractivity (Wildman–Crippen MR) is 45.7 cm³/mol. The highest BCUT2D eigenvalue weighted by Gasteiger charge is 2.13. The van der Waals surface area contributed by atoms with E-state index in [-0.39, 0.29) is 17.3 Å². The third-order valence-corrected chi connectivity index (χ3v) is 1.65. The number of carbonyl (C=O) groups is 1. The lowest BCUT2D eigenvalue weighted by atomic mass is 10.3. The summed E-state index contributed by atoms with van der Waals surface area (Å²) in [5.74, 6) is 0. The lowest BCUT2D eigenvalue weighted by molar-refractivity contribution is -0.385. The van der Waals surface area contributed by atoms with E-state index in [2.05, 4.69) is 4.98 Å². The van der Waals surface area contributed by atoms with Gasteiger partial charge in [-0.3, -0.25) is 10.1 Å². The summed E-state index contributed by atoms with van der Waals surface area (Å²) in [4.78, 5) is 23.4. The van der Waals surface area contributed by atoms with E-state index in [9.17, 15) is 14.9 Å². The van der Waals surface area contributed by atoms with Crippen LogP contribution in [0, 0.1) is 10.1 Å². The van der Waals surface area contributed by atoms with Crippen molar-refractivity contribution in [3.8, 4) is 0 Å². The average Bonchev–Trinajstić information content (AvgIpc) is 2.04. The molecule has 1 aromatic rings. The van der Waals surface area contributed by atoms with Crippen molar-refractivity contribution in [3.63, 3.8) is 0 Å². The van der Waals surface area contributed by atoms with Gasteiger partial charge in [-0.25, -0.2) is 4.98 Å². The molecule has 0 unspecified atom stereocenters. The predicted octanol–water partition coefficient (Wildman–Crippen LogP) is 1.38. The van der Waals surface area contributed by atoms with Gasteiger partial charge in [0.25, 0.3) is 0 Å². The van der Waals surface area contributed by atoms with Gasteiger partial charge in [0.05, 0.1) is 4.92 Å². The number of nitro groups is 1. The summed E-state index contributed by atoms with van der Waals surface area (Å²) in [5.41, 5.74) is 0.168. The Morgan fingerprint density at radius 1 is 1.62 bits per heavy atom. The summed E-state index contributed by atoms with van der Waals surface area (Å²) in [6.45, 7) is 0. The minimum Gasteiger partial charge on any atom is -0.303 e. The van der Waals surface area contributed by atoms with Crippen LogP contribution in [0.3, 0.4) is 0 Å². The highest BCUT2D eigenvalue weighted by Crippen LogP contribution is 2.21. The van der Waals surface area contributed by atoms with Gasteiger partial charge in [0.15, 0.2) is 0 Å². The normalized spacial score (nSPS) is 9.62. The molecule has 13 heavy (non-hydrogen) atoms. The number of hydrogen-bond donors (Lipinski definition) is 0. The van der Waals surface area contributed by atoms with Crippen LogP contribution in [0.4, 0.5) is 5.69 Å². The van der Waals surface area contributed by atoms with E-state index in [0.717, 1.165) is 0 Å². The fourth-order valence-corrected chi connectivity index (χ4v) is 1.04. The zero-order valence-electron chi connectivity index (χ0n) is 6.44. The first kappa shape index (κ1) is 9.60. The van der Waals surface area contributed by atoms with Gasteiger partial charge in [-0.2, -0.15) is 0 Å². The quantitative estimate of drug-likeness (QED) is 0.320. The van der Waals surface area contributed by atoms with Crippen LogP contribution < -0.4 is 0 Å². The Balaban J connectivity index is 3.05. The maximum Gasteiger partial charge on any atom is 0.306 e. The molecule has 5 nitrogen and oxygen atoms in total. The third-order valence-electron chi connectivity index (χ3n) is 1.38. The molecular formula is C7H5ClN2O3. The van der Waals surface area contributed by atoms with Crippen LogP contribution in [-0.2, 0) is 11.2 Å². The Morgan fingerprint density at radius 2 is 2.31 bits per heavy atom. The Morgan fingerprint density at radius 3 is 2.77 bits per heavy atom. The molecule has 1 rings (SSSR count). The Hall–Kier alpha value is -1.49. The molecule has 1 aromatic heterocycles. The van der Waals surface area contributed by atoms with Crippen molar-refractivity contribution in [2.45, 2.75) is 6.42 Å². The average molecular weight is 201 g/mol. The van der Waals surface area contributed by atoms with Crippen molar-refractivity contribution in [2.24, 2.45) is 0 Å². The number of nitrogens with zero attached hydrogens (tertiary/aromatic N) is 2. The number of carbonyl (C=O) groups excluding carboxylic acids is 1. The first-order chi connectivity index (χ1) is 6.15. The standard InChI is InChI=1S/C7H5ClN2O3/c8-7-6(10(12)13)2-1-5(9-7)3-4-11/h1-2,4H,3H2. The zero-order chi connectivity index (χ0) is 9.84. The molecule has 0 radical (unpaired) electrons. The SMILES string of the molecule is O=CCc1ccc([N+](=O)[O-])c(Cl)n1. The number of pyridine rings is 1. The maximum absolute atomic E-state index is 10.3. The van der Waals surface area contributed by atoms with Crippen LogP contribution in [0.15, 0.2) is 12.1 Å². The van der Waals surface area contributed by atoms with Crippen molar-refractivity contribution < 1.29 is 9.72 Å². The number of aldehydes is 1. The molecule has 68 valence electrons. The number of rotatable bonds is 3. The highest BCUT2D eigenvalue weighted by molar-refractivity contribution is 6.31. The van der Waals surface area contributed by atoms with E-state index in [1.807, 2.05) is 0 Å². The Bertz CT molecular complexity index is 354. The number of hydrogen-bond acceptors (Lipinski definition) is 4. The van der Waals surface area contributed by atoms with Crippen molar-refractivity contribution in [2.75, 3.05) is 0 Å². The first-order valence-electron chi connectivity index (χ1n) is 3.38. The monoisotopic (exact) mass is 200 g/mol. The van der Waals surface area contributed by atoms with Crippen LogP contribution in [-0.4, -0.2) is 16.2 Å². The number of halogens is 1. The molecule has 0 saturated heterocycles. The second-order valence-electron chi connectivity index (χ2n) is 2.24. The Labute approximate surface area is 78.5 Å². The van der Waals surface area contributed by atoms with Crippen molar-refractivity contribution >= 4 is 23.6 Å². The summed E-state index contributed by atoms with van der Waals surface area (Å²) in [6, 6.07) is 2.63. The van der Waals surface area contributed by atoms with Gasteiger partial charge in [-0.15, -0.1) is 0 Å². The second-order valence-corrected chi connectivity index (χ2v) is 2.60. The molecule has 6 heteroatoms. The van der Waals surface area contributed by atoms with Crippen molar-refractivity contribution in [3.05, 3.63) is 33.1 Å². The third kappa shape index (κ3) is 2.22. The lowest BCUT2D eigenvalue weighted by Crippen LogP contribution is -1.95. The molecule has 0 aromatic carbocycles. The van der Waals surface area contributed by atoms with Gasteiger partial charge in [0.1, 0.15) is 6.29 Å². The highest BCUT2D eigenvalue weighted by atomic mass is 35.5. The van der Waals surface area contributed by atoms with E-state index in [4.69, 9.17) is 11.6 Å². The fraction of sp³-hybridized carbons (Fsp3) is 0.143. The van der Waals surface area contributed by atoms with E-state index in [1.54, 1.807) is 0 Å². The van der Waals surface area contributed by atoms with Gasteiger partial charge < -0.3 is 4.79 Å². The van der Waals surface area contributed by atoms with E-state index in [0.29, 0.717) is 12.0 Å². The lowest BCUT2D eigenvalue weighted by Gasteiger charge is -1.96. The van der Waals surface area contributed by atoms with E-state index in [1.165, 1.54) is 12.1 Å². The molecule has 0 spiro atoms. The zero-order valence-corrected chi connectivity index (χ0v) is 7.19. The van der Waals surface area contributed by atoms with E-state index >= 15 is 0 Å². The van der Waals surface area contributed by atoms with Crippen LogP contribution in [0.1, 0.15) is 5.69 Å². The van der Waals surface area contributed by atoms with E-state index < -0.39 is 4.92 Å². The topological polar surface area (TPSA) is 73.1 Å². The van der Waals surface area contributed by atoms with Crippen LogP contribution in [0.2, 0.25) is 5.15 Å². The molecule has 0 amide bonds. The first-order valence-corrected chi connectivity index (χ1v) is 3.76. The summed E-state index contributed by atoms with van der Waals surface area (Å²) in [7, 11) is 0. The van der Waals surface area contributed by atoms with Gasteiger partial charge in [-0.05, 0) is 6.07 Å². The summed E-state index contributed by atoms with van der Waals surface area (Å²) < 4.78 is 0. The van der Waals surface area contributed by atoms with Gasteiger partial charge >= 0.3 is 5.69 Å². The molecule has 0 aliphatic carbocycles. The minimum absolute atomic E-state index is 0.109. The molecule has 0 aliphatic rings. The molecule has 0 aliphatic heterocycles. The fourth-order valence-electron chi connectivity index (χ4n) is 0.800. The second kappa shape index (κ2) is 3.95. The van der Waals surface area contributed by atoms with Gasteiger partial charge in [-0.1, -0.05) is 11.6 Å². The smallest absolute Gasteiger partial charge is 0.303 e. The molecule has 0 N–H and O–H groups in total. The largest absolute Gasteiger partial charge is 0.306 e. The molecule has 0 bridgehead atoms. The minimum atomic E-state index is -0.625. The molecular weight excluding hydrogens is 196 g/mol. The van der Waals surface area contributed by atoms with Crippen molar-refractivity contribution in [1.29, 1.82) is 0 Å². The maximum atomic E-state index is 10.3. The van der Waals surface area contributed by atoms with Crippen LogP contribution in [0.5, 0.6) is 0 Å². The van der Waals surface area contributed by atoms with Crippen LogP contribution >= 0.6 is 11.6 Å². The Kier molecular flexibility index (Phi) is 2.92.